The van der Waals surface area contributed by atoms with Gasteiger partial charge in [0.15, 0.2) is 0 Å². The van der Waals surface area contributed by atoms with Crippen LogP contribution >= 0.6 is 0 Å². The Labute approximate surface area is 141 Å². The Kier molecular flexibility index (Phi) is 25.4. The van der Waals surface area contributed by atoms with Crippen LogP contribution in [0.25, 0.3) is 10.8 Å². The van der Waals surface area contributed by atoms with E-state index in [1.54, 1.807) is 7.11 Å². The van der Waals surface area contributed by atoms with Crippen molar-refractivity contribution >= 4 is 10.8 Å². The Morgan fingerprint density at radius 1 is 1.12 bits per heavy atom. The van der Waals surface area contributed by atoms with Gasteiger partial charge in [-0.15, -0.1) is 29.7 Å². The zero-order valence-corrected chi connectivity index (χ0v) is 15.4. The fourth-order valence-electron chi connectivity index (χ4n) is 1.07. The number of ether oxygens (including phenoxy) is 1. The summed E-state index contributed by atoms with van der Waals surface area (Å²) in [5.74, 6) is 0. The smallest absolute Gasteiger partial charge is 1.00 e. The zero-order valence-electron chi connectivity index (χ0n) is 9.50. The quantitative estimate of drug-likeness (QED) is 0.305. The van der Waals surface area contributed by atoms with E-state index in [1.165, 1.54) is 10.8 Å². The summed E-state index contributed by atoms with van der Waals surface area (Å²) < 4.78 is 4.43. The van der Waals surface area contributed by atoms with E-state index in [-0.39, 0.29) is 63.1 Å². The van der Waals surface area contributed by atoms with Crippen molar-refractivity contribution in [2.45, 2.75) is 0 Å². The number of hydrogen-bond donors (Lipinski definition) is 0. The summed E-state index contributed by atoms with van der Waals surface area (Å²) >= 11 is 0. The van der Waals surface area contributed by atoms with Crippen molar-refractivity contribution in [1.82, 2.24) is 0 Å². The minimum absolute atomic E-state index is 0. The molecule has 0 saturated carbocycles. The number of methoxy groups -OCH3 is 1. The van der Waals surface area contributed by atoms with Crippen LogP contribution in [0.5, 0.6) is 0 Å². The van der Waals surface area contributed by atoms with Gasteiger partial charge in [-0.1, -0.05) is 12.7 Å². The van der Waals surface area contributed by atoms with E-state index in [0.717, 1.165) is 0 Å². The van der Waals surface area contributed by atoms with Gasteiger partial charge in [-0.2, -0.15) is 17.5 Å². The van der Waals surface area contributed by atoms with Crippen molar-refractivity contribution in [3.63, 3.8) is 0 Å². The molecule has 0 unspecified atom stereocenters. The van der Waals surface area contributed by atoms with Gasteiger partial charge in [0.25, 0.3) is 0 Å². The normalized spacial score (nSPS) is 7.18. The van der Waals surface area contributed by atoms with Crippen LogP contribution in [0.15, 0.2) is 42.5 Å². The molecule has 0 heterocycles. The summed E-state index contributed by atoms with van der Waals surface area (Å²) in [4.78, 5) is 0. The topological polar surface area (TPSA) is 9.23 Å². The molecule has 1 nitrogen and oxygen atoms in total. The van der Waals surface area contributed by atoms with Crippen molar-refractivity contribution < 1.29 is 67.8 Å². The molecule has 0 saturated heterocycles. The summed E-state index contributed by atoms with van der Waals surface area (Å²) in [5, 5.41) is 2.66. The van der Waals surface area contributed by atoms with Crippen LogP contribution in [0.3, 0.4) is 0 Å². The molecule has 0 amide bonds. The number of rotatable bonds is 1. The molecule has 0 fully saturated rings. The van der Waals surface area contributed by atoms with Crippen LogP contribution in [0.2, 0.25) is 0 Å². The molecule has 0 aromatic heterocycles. The second-order valence-corrected chi connectivity index (χ2v) is 2.65. The third-order valence-electron chi connectivity index (χ3n) is 1.75. The van der Waals surface area contributed by atoms with E-state index in [9.17, 15) is 0 Å². The van der Waals surface area contributed by atoms with Gasteiger partial charge in [0, 0.05) is 7.11 Å². The first-order chi connectivity index (χ1) is 6.38. The Balaban J connectivity index is -0.0000000962. The van der Waals surface area contributed by atoms with Crippen LogP contribution in [0.1, 0.15) is 0 Å². The molecule has 2 aromatic rings. The zero-order chi connectivity index (χ0) is 9.52. The first-order valence-electron chi connectivity index (χ1n) is 4.27. The van der Waals surface area contributed by atoms with Crippen LogP contribution in [-0.2, 0) is 30.6 Å². The average molecular weight is 459 g/mol. The number of halogens is 3. The largest absolute Gasteiger partial charge is 4.00 e. The molecule has 0 bridgehead atoms. The average Bonchev–Trinajstić information content (AvgIpc) is 2.66. The molecule has 2 aromatic carbocycles. The Hall–Kier alpha value is 0.530. The van der Waals surface area contributed by atoms with Crippen LogP contribution < -0.4 is 37.2 Å². The first kappa shape index (κ1) is 26.2. The van der Waals surface area contributed by atoms with E-state index < -0.39 is 0 Å². The molecule has 0 N–H and O–H groups in total. The number of hydrogen-bond acceptors (Lipinski definition) is 1. The van der Waals surface area contributed by atoms with Gasteiger partial charge >= 0.3 is 25.8 Å². The van der Waals surface area contributed by atoms with Crippen molar-refractivity contribution in [1.29, 1.82) is 0 Å². The predicted molar refractivity (Wildman–Crippen MR) is 56.8 cm³/mol. The van der Waals surface area contributed by atoms with Crippen molar-refractivity contribution in [3.05, 3.63) is 49.4 Å². The maximum Gasteiger partial charge on any atom is 4.00 e. The van der Waals surface area contributed by atoms with Gasteiger partial charge in [-0.3, -0.25) is 0 Å². The van der Waals surface area contributed by atoms with Crippen molar-refractivity contribution in [2.24, 2.45) is 0 Å². The summed E-state index contributed by atoms with van der Waals surface area (Å²) in [7, 11) is 1.62. The molecule has 0 aliphatic rings. The molecular formula is C12H14Cl3HfO-. The monoisotopic (exact) mass is 459 g/mol. The molecule has 2 rings (SSSR count). The summed E-state index contributed by atoms with van der Waals surface area (Å²) in [6.45, 7) is 3.95. The van der Waals surface area contributed by atoms with E-state index in [1.807, 2.05) is 0 Å². The van der Waals surface area contributed by atoms with Gasteiger partial charge in [0.05, 0.1) is 0 Å². The fraction of sp³-hybridized carbons (Fsp3) is 0.167. The fourth-order valence-corrected chi connectivity index (χ4v) is 1.07. The SMILES string of the molecule is [CH2-]COC.[Cl-].[Cl-].[Cl-].[Hf+4].c1ccc2[cH-]ccc2c1. The van der Waals surface area contributed by atoms with Crippen molar-refractivity contribution in [3.8, 4) is 0 Å². The maximum absolute atomic E-state index is 4.43. The molecule has 5 heteroatoms. The molecule has 0 aliphatic heterocycles. The molecular weight excluding hydrogens is 445 g/mol. The van der Waals surface area contributed by atoms with Crippen LogP contribution in [0, 0.1) is 6.92 Å². The predicted octanol–water partition coefficient (Wildman–Crippen LogP) is -5.96. The summed E-state index contributed by atoms with van der Waals surface area (Å²) in [5.41, 5.74) is 0. The Morgan fingerprint density at radius 2 is 1.65 bits per heavy atom. The molecule has 0 atom stereocenters. The van der Waals surface area contributed by atoms with Gasteiger partial charge in [-0.25, -0.2) is 0 Å². The summed E-state index contributed by atoms with van der Waals surface area (Å²) in [6.07, 6.45) is 0. The number of benzene rings is 1. The van der Waals surface area contributed by atoms with Gasteiger partial charge in [0.2, 0.25) is 0 Å². The van der Waals surface area contributed by atoms with Crippen LogP contribution in [-0.4, -0.2) is 13.7 Å². The van der Waals surface area contributed by atoms with E-state index >= 15 is 0 Å². The molecule has 0 radical (unpaired) electrons. The molecule has 94 valence electrons. The second-order valence-electron chi connectivity index (χ2n) is 2.65. The third kappa shape index (κ3) is 10.2. The minimum atomic E-state index is 0. The van der Waals surface area contributed by atoms with Gasteiger partial charge < -0.3 is 48.9 Å². The molecule has 0 aliphatic carbocycles. The van der Waals surface area contributed by atoms with Gasteiger partial charge in [0.1, 0.15) is 0 Å². The van der Waals surface area contributed by atoms with Crippen molar-refractivity contribution in [2.75, 3.05) is 13.7 Å². The van der Waals surface area contributed by atoms with E-state index in [4.69, 9.17) is 0 Å². The standard InChI is InChI=1S/C9H7.C3H7O.3ClH.Hf/c1-2-5-9-7-3-6-8(9)4-1;1-3-4-2;;;;/h1-7H;1,3H2,2H3;3*1H;/q2*-1;;;;+4/p-3. The maximum atomic E-state index is 4.43. The first-order valence-corrected chi connectivity index (χ1v) is 4.27. The Morgan fingerprint density at radius 3 is 2.12 bits per heavy atom. The van der Waals surface area contributed by atoms with Crippen LogP contribution in [0.4, 0.5) is 0 Å². The third-order valence-corrected chi connectivity index (χ3v) is 1.75. The van der Waals surface area contributed by atoms with E-state index in [2.05, 4.69) is 54.1 Å². The minimum Gasteiger partial charge on any atom is -1.00 e. The Bertz CT molecular complexity index is 320. The molecule has 17 heavy (non-hydrogen) atoms. The van der Waals surface area contributed by atoms with E-state index in [0.29, 0.717) is 6.61 Å². The second kappa shape index (κ2) is 16.5. The number of fused-ring (bicyclic) bond motifs is 1. The molecule has 0 spiro atoms. The summed E-state index contributed by atoms with van der Waals surface area (Å²) in [6, 6.07) is 14.7. The van der Waals surface area contributed by atoms with Gasteiger partial charge in [-0.05, 0) is 0 Å².